The van der Waals surface area contributed by atoms with Crippen LogP contribution in [0.2, 0.25) is 0 Å². The number of amides is 1. The molecule has 3 N–H and O–H groups in total. The Morgan fingerprint density at radius 2 is 2.14 bits per heavy atom. The second-order valence-corrected chi connectivity index (χ2v) is 3.86. The zero-order valence-corrected chi connectivity index (χ0v) is 9.22. The van der Waals surface area contributed by atoms with Gasteiger partial charge in [-0.3, -0.25) is 0 Å². The molecule has 0 atom stereocenters. The van der Waals surface area contributed by atoms with E-state index in [-0.39, 0.29) is 5.41 Å². The van der Waals surface area contributed by atoms with E-state index in [9.17, 15) is 4.79 Å². The Morgan fingerprint density at radius 1 is 1.57 bits per heavy atom. The van der Waals surface area contributed by atoms with E-state index in [1.165, 1.54) is 7.11 Å². The van der Waals surface area contributed by atoms with Crippen LogP contribution < -0.4 is 11.1 Å². The van der Waals surface area contributed by atoms with Crippen molar-refractivity contribution in [1.29, 1.82) is 0 Å². The molecule has 0 bridgehead atoms. The van der Waals surface area contributed by atoms with Crippen LogP contribution >= 0.6 is 0 Å². The fourth-order valence-electron chi connectivity index (χ4n) is 1.00. The molecule has 0 fully saturated rings. The van der Waals surface area contributed by atoms with Crippen molar-refractivity contribution in [3.05, 3.63) is 12.2 Å². The van der Waals surface area contributed by atoms with Gasteiger partial charge in [-0.05, 0) is 11.8 Å². The molecule has 0 unspecified atom stereocenters. The van der Waals surface area contributed by atoms with E-state index in [1.807, 2.05) is 0 Å². The summed E-state index contributed by atoms with van der Waals surface area (Å²) in [5.74, 6) is 0. The van der Waals surface area contributed by atoms with Gasteiger partial charge in [0, 0.05) is 13.1 Å². The Labute approximate surface area is 85.5 Å². The van der Waals surface area contributed by atoms with Crippen LogP contribution in [0, 0.1) is 5.41 Å². The number of carbonyl (C=O) groups is 1. The topological polar surface area (TPSA) is 64.3 Å². The van der Waals surface area contributed by atoms with Crippen molar-refractivity contribution in [2.75, 3.05) is 20.2 Å². The predicted octanol–water partition coefficient (Wildman–Crippen LogP) is 1.27. The third-order valence-electron chi connectivity index (χ3n) is 2.41. The third-order valence-corrected chi connectivity index (χ3v) is 2.41. The normalized spacial score (nSPS) is 10.9. The van der Waals surface area contributed by atoms with Crippen molar-refractivity contribution in [2.24, 2.45) is 11.1 Å². The molecule has 0 heterocycles. The minimum Gasteiger partial charge on any atom is -0.453 e. The van der Waals surface area contributed by atoms with E-state index < -0.39 is 6.09 Å². The van der Waals surface area contributed by atoms with Gasteiger partial charge in [0.2, 0.25) is 0 Å². The molecule has 0 spiro atoms. The lowest BCUT2D eigenvalue weighted by Gasteiger charge is -2.26. The molecule has 0 aromatic rings. The van der Waals surface area contributed by atoms with Gasteiger partial charge in [0.25, 0.3) is 0 Å². The number of carbonyl (C=O) groups excluding carboxylic acids is 1. The minimum absolute atomic E-state index is 0.0459. The fraction of sp³-hybridized carbons (Fsp3) is 0.700. The molecule has 0 saturated carbocycles. The Bertz CT molecular complexity index is 212. The van der Waals surface area contributed by atoms with E-state index in [0.717, 1.165) is 12.0 Å². The second-order valence-electron chi connectivity index (χ2n) is 3.86. The molecular formula is C10H20N2O2. The summed E-state index contributed by atoms with van der Waals surface area (Å²) < 4.78 is 4.45. The maximum Gasteiger partial charge on any atom is 0.406 e. The smallest absolute Gasteiger partial charge is 0.406 e. The van der Waals surface area contributed by atoms with E-state index in [1.54, 1.807) is 0 Å². The highest BCUT2D eigenvalue weighted by molar-refractivity contribution is 5.66. The summed E-state index contributed by atoms with van der Waals surface area (Å²) in [7, 11) is 1.35. The van der Waals surface area contributed by atoms with Crippen LogP contribution in [-0.2, 0) is 4.74 Å². The summed E-state index contributed by atoms with van der Waals surface area (Å²) in [5, 5.41) is 2.62. The Morgan fingerprint density at radius 3 is 2.57 bits per heavy atom. The predicted molar refractivity (Wildman–Crippen MR) is 57.0 cm³/mol. The number of alkyl carbamates (subject to hydrolysis) is 1. The highest BCUT2D eigenvalue weighted by Gasteiger charge is 2.20. The van der Waals surface area contributed by atoms with E-state index >= 15 is 0 Å². The molecule has 82 valence electrons. The van der Waals surface area contributed by atoms with Gasteiger partial charge in [-0.1, -0.05) is 26.0 Å². The first-order valence-electron chi connectivity index (χ1n) is 4.64. The van der Waals surface area contributed by atoms with Gasteiger partial charge < -0.3 is 15.8 Å². The molecule has 4 heteroatoms. The van der Waals surface area contributed by atoms with Crippen molar-refractivity contribution in [3.63, 3.8) is 0 Å². The van der Waals surface area contributed by atoms with Crippen LogP contribution in [0.5, 0.6) is 0 Å². The van der Waals surface area contributed by atoms with Crippen LogP contribution in [0.1, 0.15) is 20.3 Å². The molecule has 0 aromatic heterocycles. The van der Waals surface area contributed by atoms with Crippen molar-refractivity contribution in [1.82, 2.24) is 5.32 Å². The maximum absolute atomic E-state index is 10.8. The van der Waals surface area contributed by atoms with Crippen LogP contribution in [0.25, 0.3) is 0 Å². The maximum atomic E-state index is 10.8. The third kappa shape index (κ3) is 4.28. The zero-order valence-electron chi connectivity index (χ0n) is 9.22. The summed E-state index contributed by atoms with van der Waals surface area (Å²) in [6.07, 6.45) is 0.400. The van der Waals surface area contributed by atoms with Crippen molar-refractivity contribution in [3.8, 4) is 0 Å². The van der Waals surface area contributed by atoms with Gasteiger partial charge in [-0.15, -0.1) is 0 Å². The number of rotatable bonds is 5. The molecule has 0 rings (SSSR count). The first-order chi connectivity index (χ1) is 6.44. The molecule has 0 aliphatic carbocycles. The molecule has 0 aromatic carbocycles. The fourth-order valence-corrected chi connectivity index (χ4v) is 1.00. The molecule has 1 amide bonds. The van der Waals surface area contributed by atoms with Gasteiger partial charge in [0.1, 0.15) is 0 Å². The SMILES string of the molecule is C=C(CN)C(C)(C)CCNC(=O)OC. The Kier molecular flexibility index (Phi) is 5.23. The van der Waals surface area contributed by atoms with E-state index in [2.05, 4.69) is 30.5 Å². The zero-order chi connectivity index (χ0) is 11.2. The van der Waals surface area contributed by atoms with Gasteiger partial charge in [0.05, 0.1) is 7.11 Å². The average molecular weight is 200 g/mol. The van der Waals surface area contributed by atoms with Crippen molar-refractivity contribution in [2.45, 2.75) is 20.3 Å². The minimum atomic E-state index is -0.404. The molecule has 4 nitrogen and oxygen atoms in total. The van der Waals surface area contributed by atoms with Crippen LogP contribution in [0.15, 0.2) is 12.2 Å². The first kappa shape index (κ1) is 13.0. The average Bonchev–Trinajstić information content (AvgIpc) is 2.15. The van der Waals surface area contributed by atoms with E-state index in [0.29, 0.717) is 13.1 Å². The Balaban J connectivity index is 3.88. The molecule has 0 aliphatic heterocycles. The summed E-state index contributed by atoms with van der Waals surface area (Å²) in [6.45, 7) is 9.05. The quantitative estimate of drug-likeness (QED) is 0.657. The molecule has 14 heavy (non-hydrogen) atoms. The summed E-state index contributed by atoms with van der Waals surface area (Å²) in [6, 6.07) is 0. The van der Waals surface area contributed by atoms with Gasteiger partial charge in [0.15, 0.2) is 0 Å². The monoisotopic (exact) mass is 200 g/mol. The van der Waals surface area contributed by atoms with E-state index in [4.69, 9.17) is 5.73 Å². The lowest BCUT2D eigenvalue weighted by atomic mass is 9.82. The highest BCUT2D eigenvalue weighted by atomic mass is 16.5. The molecule has 0 saturated heterocycles. The summed E-state index contributed by atoms with van der Waals surface area (Å²) in [5.41, 5.74) is 6.45. The summed E-state index contributed by atoms with van der Waals surface area (Å²) in [4.78, 5) is 10.8. The molecule has 0 aliphatic rings. The highest BCUT2D eigenvalue weighted by Crippen LogP contribution is 2.27. The number of nitrogens with one attached hydrogen (secondary N) is 1. The number of nitrogens with two attached hydrogens (primary N) is 1. The van der Waals surface area contributed by atoms with Crippen LogP contribution in [-0.4, -0.2) is 26.3 Å². The number of ether oxygens (including phenoxy) is 1. The lowest BCUT2D eigenvalue weighted by Crippen LogP contribution is -2.29. The number of hydrogen-bond donors (Lipinski definition) is 2. The van der Waals surface area contributed by atoms with Crippen molar-refractivity contribution >= 4 is 6.09 Å². The Hall–Kier alpha value is -1.03. The number of hydrogen-bond acceptors (Lipinski definition) is 3. The van der Waals surface area contributed by atoms with Gasteiger partial charge in [-0.25, -0.2) is 4.79 Å². The van der Waals surface area contributed by atoms with Gasteiger partial charge >= 0.3 is 6.09 Å². The first-order valence-corrected chi connectivity index (χ1v) is 4.64. The lowest BCUT2D eigenvalue weighted by molar-refractivity contribution is 0.169. The van der Waals surface area contributed by atoms with Crippen LogP contribution in [0.3, 0.4) is 0 Å². The number of methoxy groups -OCH3 is 1. The van der Waals surface area contributed by atoms with Crippen LogP contribution in [0.4, 0.5) is 4.79 Å². The largest absolute Gasteiger partial charge is 0.453 e. The van der Waals surface area contributed by atoms with Gasteiger partial charge in [-0.2, -0.15) is 0 Å². The molecular weight excluding hydrogens is 180 g/mol. The molecule has 0 radical (unpaired) electrons. The standard InChI is InChI=1S/C10H20N2O2/c1-8(7-11)10(2,3)5-6-12-9(13)14-4/h1,5-7,11H2,2-4H3,(H,12,13). The second kappa shape index (κ2) is 5.65. The summed E-state index contributed by atoms with van der Waals surface area (Å²) >= 11 is 0. The van der Waals surface area contributed by atoms with Crippen molar-refractivity contribution < 1.29 is 9.53 Å².